The molecule has 0 spiro atoms. The van der Waals surface area contributed by atoms with Gasteiger partial charge in [-0.15, -0.1) is 0 Å². The molecule has 0 aromatic carbocycles. The molecule has 3 nitrogen and oxygen atoms in total. The van der Waals surface area contributed by atoms with E-state index in [-0.39, 0.29) is 0 Å². The van der Waals surface area contributed by atoms with Crippen LogP contribution in [0.1, 0.15) is 44.2 Å². The second kappa shape index (κ2) is 5.91. The number of hydrogen-bond acceptors (Lipinski definition) is 4. The Bertz CT molecular complexity index is 345. The van der Waals surface area contributed by atoms with Gasteiger partial charge in [-0.25, -0.2) is 4.98 Å². The van der Waals surface area contributed by atoms with Crippen LogP contribution < -0.4 is 0 Å². The molecule has 0 N–H and O–H groups in total. The molecular formula is C13H22N2OS. The molecule has 2 heterocycles. The molecule has 0 saturated carbocycles. The molecule has 1 aliphatic rings. The van der Waals surface area contributed by atoms with Gasteiger partial charge in [0.25, 0.3) is 0 Å². The van der Waals surface area contributed by atoms with Gasteiger partial charge in [0, 0.05) is 18.5 Å². The molecule has 0 unspecified atom stereocenters. The van der Waals surface area contributed by atoms with Crippen LogP contribution in [0.2, 0.25) is 0 Å². The van der Waals surface area contributed by atoms with Crippen LogP contribution in [0.15, 0.2) is 10.7 Å². The first kappa shape index (κ1) is 13.0. The maximum atomic E-state index is 5.47. The highest BCUT2D eigenvalue weighted by Crippen LogP contribution is 2.22. The minimum atomic E-state index is 0.375. The lowest BCUT2D eigenvalue weighted by Crippen LogP contribution is -2.34. The maximum Gasteiger partial charge on any atom is 0.196 e. The molecule has 1 saturated heterocycles. The van der Waals surface area contributed by atoms with Crippen molar-refractivity contribution < 1.29 is 4.42 Å². The second-order valence-electron chi connectivity index (χ2n) is 5.09. The van der Waals surface area contributed by atoms with Gasteiger partial charge in [-0.05, 0) is 31.4 Å². The first-order valence-electron chi connectivity index (χ1n) is 6.39. The molecule has 0 bridgehead atoms. The van der Waals surface area contributed by atoms with Crippen molar-refractivity contribution in [3.8, 4) is 0 Å². The number of aromatic nitrogens is 1. The van der Waals surface area contributed by atoms with Crippen LogP contribution in [0.4, 0.5) is 0 Å². The molecule has 17 heavy (non-hydrogen) atoms. The predicted octanol–water partition coefficient (Wildman–Crippen LogP) is 3.13. The minimum absolute atomic E-state index is 0.375. The fourth-order valence-corrected chi connectivity index (χ4v) is 3.25. The van der Waals surface area contributed by atoms with Crippen molar-refractivity contribution in [2.45, 2.75) is 45.2 Å². The Morgan fingerprint density at radius 3 is 2.76 bits per heavy atom. The van der Waals surface area contributed by atoms with E-state index in [0.29, 0.717) is 5.92 Å². The fourth-order valence-electron chi connectivity index (χ4n) is 2.17. The monoisotopic (exact) mass is 254 g/mol. The van der Waals surface area contributed by atoms with Gasteiger partial charge in [0.15, 0.2) is 5.89 Å². The van der Waals surface area contributed by atoms with Crippen LogP contribution in [0, 0.1) is 0 Å². The minimum Gasteiger partial charge on any atom is -0.448 e. The molecular weight excluding hydrogens is 232 g/mol. The number of thioether (sulfide) groups is 1. The van der Waals surface area contributed by atoms with Crippen molar-refractivity contribution in [3.05, 3.63) is 17.8 Å². The average Bonchev–Trinajstić information content (AvgIpc) is 2.79. The summed E-state index contributed by atoms with van der Waals surface area (Å²) < 4.78 is 5.47. The summed E-state index contributed by atoms with van der Waals surface area (Å²) in [4.78, 5) is 6.95. The Balaban J connectivity index is 1.90. The SMILES string of the molecule is CC(C)c1nc(CN(C)C2CCSCC2)co1. The van der Waals surface area contributed by atoms with Crippen LogP contribution in [0.3, 0.4) is 0 Å². The van der Waals surface area contributed by atoms with Gasteiger partial charge in [0.2, 0.25) is 0 Å². The number of hydrogen-bond donors (Lipinski definition) is 0. The molecule has 0 radical (unpaired) electrons. The van der Waals surface area contributed by atoms with Gasteiger partial charge >= 0.3 is 0 Å². The average molecular weight is 254 g/mol. The Labute approximate surface area is 108 Å². The largest absolute Gasteiger partial charge is 0.448 e. The standard InChI is InChI=1S/C13H22N2OS/c1-10(2)13-14-11(9-16-13)8-15(3)12-4-6-17-7-5-12/h9-10,12H,4-8H2,1-3H3. The normalized spacial score (nSPS) is 18.2. The van der Waals surface area contributed by atoms with E-state index in [0.717, 1.165) is 24.2 Å². The summed E-state index contributed by atoms with van der Waals surface area (Å²) in [5, 5.41) is 0. The van der Waals surface area contributed by atoms with Crippen LogP contribution in [-0.2, 0) is 6.54 Å². The molecule has 96 valence electrons. The van der Waals surface area contributed by atoms with E-state index in [9.17, 15) is 0 Å². The van der Waals surface area contributed by atoms with Crippen molar-refractivity contribution >= 4 is 11.8 Å². The predicted molar refractivity (Wildman–Crippen MR) is 72.4 cm³/mol. The zero-order valence-corrected chi connectivity index (χ0v) is 11.8. The molecule has 4 heteroatoms. The van der Waals surface area contributed by atoms with Crippen LogP contribution in [-0.4, -0.2) is 34.5 Å². The van der Waals surface area contributed by atoms with Crippen molar-refractivity contribution in [2.75, 3.05) is 18.6 Å². The number of rotatable bonds is 4. The lowest BCUT2D eigenvalue weighted by molar-refractivity contribution is 0.218. The summed E-state index contributed by atoms with van der Waals surface area (Å²) in [5.41, 5.74) is 1.06. The summed E-state index contributed by atoms with van der Waals surface area (Å²) in [6.07, 6.45) is 4.41. The van der Waals surface area contributed by atoms with Gasteiger partial charge in [-0.3, -0.25) is 4.90 Å². The summed E-state index contributed by atoms with van der Waals surface area (Å²) in [6.45, 7) is 5.13. The molecule has 0 amide bonds. The van der Waals surface area contributed by atoms with Gasteiger partial charge < -0.3 is 4.42 Å². The third-order valence-electron chi connectivity index (χ3n) is 3.29. The molecule has 1 fully saturated rings. The van der Waals surface area contributed by atoms with Gasteiger partial charge in [-0.2, -0.15) is 11.8 Å². The van der Waals surface area contributed by atoms with Crippen LogP contribution in [0.25, 0.3) is 0 Å². The highest BCUT2D eigenvalue weighted by Gasteiger charge is 2.19. The summed E-state index contributed by atoms with van der Waals surface area (Å²) in [7, 11) is 2.20. The van der Waals surface area contributed by atoms with Gasteiger partial charge in [0.1, 0.15) is 6.26 Å². The van der Waals surface area contributed by atoms with Crippen molar-refractivity contribution in [1.29, 1.82) is 0 Å². The van der Waals surface area contributed by atoms with Crippen molar-refractivity contribution in [1.82, 2.24) is 9.88 Å². The summed E-state index contributed by atoms with van der Waals surface area (Å²) in [6, 6.07) is 0.718. The molecule has 0 atom stereocenters. The zero-order valence-electron chi connectivity index (χ0n) is 11.0. The quantitative estimate of drug-likeness (QED) is 0.825. The lowest BCUT2D eigenvalue weighted by atomic mass is 10.1. The Hall–Kier alpha value is -0.480. The summed E-state index contributed by atoms with van der Waals surface area (Å²) >= 11 is 2.07. The van der Waals surface area contributed by atoms with Crippen molar-refractivity contribution in [2.24, 2.45) is 0 Å². The third-order valence-corrected chi connectivity index (χ3v) is 4.34. The zero-order chi connectivity index (χ0) is 12.3. The molecule has 1 aromatic heterocycles. The van der Waals surface area contributed by atoms with E-state index in [1.165, 1.54) is 24.3 Å². The van der Waals surface area contributed by atoms with Crippen molar-refractivity contribution in [3.63, 3.8) is 0 Å². The highest BCUT2D eigenvalue weighted by molar-refractivity contribution is 7.99. The second-order valence-corrected chi connectivity index (χ2v) is 6.32. The highest BCUT2D eigenvalue weighted by atomic mass is 32.2. The van der Waals surface area contributed by atoms with Crippen LogP contribution >= 0.6 is 11.8 Å². The summed E-state index contributed by atoms with van der Waals surface area (Å²) in [5.74, 6) is 3.82. The first-order valence-corrected chi connectivity index (χ1v) is 7.54. The molecule has 1 aliphatic heterocycles. The fraction of sp³-hybridized carbons (Fsp3) is 0.769. The third kappa shape index (κ3) is 3.49. The van der Waals surface area contributed by atoms with E-state index in [1.807, 2.05) is 6.26 Å². The number of nitrogens with zero attached hydrogens (tertiary/aromatic N) is 2. The molecule has 0 aliphatic carbocycles. The molecule has 1 aromatic rings. The van der Waals surface area contributed by atoms with Gasteiger partial charge in [-0.1, -0.05) is 13.8 Å². The topological polar surface area (TPSA) is 29.3 Å². The van der Waals surface area contributed by atoms with Crippen LogP contribution in [0.5, 0.6) is 0 Å². The van der Waals surface area contributed by atoms with Gasteiger partial charge in [0.05, 0.1) is 5.69 Å². The Morgan fingerprint density at radius 1 is 1.47 bits per heavy atom. The van der Waals surface area contributed by atoms with E-state index in [2.05, 4.69) is 42.5 Å². The molecule has 2 rings (SSSR count). The first-order chi connectivity index (χ1) is 8.16. The maximum absolute atomic E-state index is 5.47. The Morgan fingerprint density at radius 2 is 2.18 bits per heavy atom. The van der Waals surface area contributed by atoms with E-state index in [4.69, 9.17) is 4.42 Å². The number of oxazole rings is 1. The Kier molecular flexibility index (Phi) is 4.51. The van der Waals surface area contributed by atoms with E-state index in [1.54, 1.807) is 0 Å². The van der Waals surface area contributed by atoms with E-state index < -0.39 is 0 Å². The smallest absolute Gasteiger partial charge is 0.196 e. The lowest BCUT2D eigenvalue weighted by Gasteiger charge is -2.30. The van der Waals surface area contributed by atoms with E-state index >= 15 is 0 Å².